The lowest BCUT2D eigenvalue weighted by molar-refractivity contribution is 0.104. The molecule has 0 radical (unpaired) electrons. The number of phenolic OH excluding ortho intramolecular Hbond substituents is 3. The third-order valence-corrected chi connectivity index (χ3v) is 4.42. The number of hydrogen-bond acceptors (Lipinski definition) is 4. The van der Waals surface area contributed by atoms with Crippen molar-refractivity contribution in [2.24, 2.45) is 0 Å². The highest BCUT2D eigenvalue weighted by molar-refractivity contribution is 6.08. The van der Waals surface area contributed by atoms with Gasteiger partial charge in [-0.1, -0.05) is 47.6 Å². The lowest BCUT2D eigenvalue weighted by Gasteiger charge is -2.27. The smallest absolute Gasteiger partial charge is 0.189 e. The van der Waals surface area contributed by atoms with Crippen LogP contribution in [0.2, 0.25) is 0 Å². The highest BCUT2D eigenvalue weighted by Crippen LogP contribution is 2.40. The van der Waals surface area contributed by atoms with Gasteiger partial charge in [0.05, 0.1) is 5.56 Å². The van der Waals surface area contributed by atoms with Gasteiger partial charge in [0.1, 0.15) is 17.2 Å². The van der Waals surface area contributed by atoms with E-state index in [0.717, 1.165) is 16.7 Å². The molecule has 2 rings (SSSR count). The van der Waals surface area contributed by atoms with Gasteiger partial charge in [-0.15, -0.1) is 0 Å². The van der Waals surface area contributed by atoms with E-state index in [1.165, 1.54) is 24.3 Å². The van der Waals surface area contributed by atoms with Crippen LogP contribution in [0.4, 0.5) is 0 Å². The molecule has 2 aromatic carbocycles. The van der Waals surface area contributed by atoms with Gasteiger partial charge < -0.3 is 15.3 Å². The van der Waals surface area contributed by atoms with Gasteiger partial charge in [-0.25, -0.2) is 0 Å². The number of hydrogen-bond donors (Lipinski definition) is 3. The first-order chi connectivity index (χ1) is 12.3. The van der Waals surface area contributed by atoms with Gasteiger partial charge in [-0.2, -0.15) is 0 Å². The highest BCUT2D eigenvalue weighted by Gasteiger charge is 2.26. The van der Waals surface area contributed by atoms with E-state index in [9.17, 15) is 20.1 Å². The topological polar surface area (TPSA) is 77.8 Å². The fraction of sp³-hybridized carbons (Fsp3) is 0.348. The summed E-state index contributed by atoms with van der Waals surface area (Å²) in [6.45, 7) is 12.2. The standard InChI is InChI=1S/C23H28O4/c1-22(2,3)17-11-14(12-18(21(17)27)23(4,5)6)7-9-19(25)16-13-15(24)8-10-20(16)26/h7-13,24,26-27H,1-6H3/b9-7+. The normalized spacial score (nSPS) is 12.5. The number of phenols is 3. The second kappa shape index (κ2) is 7.10. The van der Waals surface area contributed by atoms with E-state index >= 15 is 0 Å². The van der Waals surface area contributed by atoms with Crippen molar-refractivity contribution in [1.82, 2.24) is 0 Å². The summed E-state index contributed by atoms with van der Waals surface area (Å²) in [5.41, 5.74) is 1.92. The Morgan fingerprint density at radius 3 is 1.85 bits per heavy atom. The van der Waals surface area contributed by atoms with E-state index < -0.39 is 5.78 Å². The lowest BCUT2D eigenvalue weighted by Crippen LogP contribution is -2.17. The molecule has 144 valence electrons. The first-order valence-electron chi connectivity index (χ1n) is 8.93. The zero-order valence-corrected chi connectivity index (χ0v) is 16.8. The molecule has 0 spiro atoms. The second-order valence-electron chi connectivity index (χ2n) is 8.86. The van der Waals surface area contributed by atoms with E-state index in [-0.39, 0.29) is 33.6 Å². The predicted octanol–water partition coefficient (Wildman–Crippen LogP) is 5.29. The zero-order valence-electron chi connectivity index (χ0n) is 16.8. The average Bonchev–Trinajstić information content (AvgIpc) is 2.53. The zero-order chi connectivity index (χ0) is 20.6. The van der Waals surface area contributed by atoms with Crippen molar-refractivity contribution < 1.29 is 20.1 Å². The molecule has 0 fully saturated rings. The average molecular weight is 368 g/mol. The minimum Gasteiger partial charge on any atom is -0.508 e. The molecule has 0 heterocycles. The van der Waals surface area contributed by atoms with Gasteiger partial charge >= 0.3 is 0 Å². The van der Waals surface area contributed by atoms with Crippen LogP contribution in [-0.4, -0.2) is 21.1 Å². The number of ketones is 1. The molecule has 4 heteroatoms. The first kappa shape index (κ1) is 20.6. The van der Waals surface area contributed by atoms with Crippen molar-refractivity contribution in [3.63, 3.8) is 0 Å². The van der Waals surface area contributed by atoms with Crippen molar-refractivity contribution in [2.75, 3.05) is 0 Å². The Kier molecular flexibility index (Phi) is 5.41. The van der Waals surface area contributed by atoms with Crippen LogP contribution in [0, 0.1) is 0 Å². The number of rotatable bonds is 3. The third-order valence-electron chi connectivity index (χ3n) is 4.42. The molecule has 27 heavy (non-hydrogen) atoms. The fourth-order valence-corrected chi connectivity index (χ4v) is 2.88. The van der Waals surface area contributed by atoms with E-state index in [4.69, 9.17) is 0 Å². The predicted molar refractivity (Wildman–Crippen MR) is 109 cm³/mol. The largest absolute Gasteiger partial charge is 0.508 e. The lowest BCUT2D eigenvalue weighted by atomic mass is 9.78. The molecule has 0 aliphatic heterocycles. The molecule has 0 aliphatic rings. The van der Waals surface area contributed by atoms with Gasteiger partial charge in [0.15, 0.2) is 5.78 Å². The van der Waals surface area contributed by atoms with Crippen molar-refractivity contribution in [2.45, 2.75) is 52.4 Å². The van der Waals surface area contributed by atoms with E-state index in [1.807, 2.05) is 53.7 Å². The molecule has 2 aromatic rings. The molecule has 0 unspecified atom stereocenters. The number of carbonyl (C=O) groups is 1. The molecule has 0 aromatic heterocycles. The fourth-order valence-electron chi connectivity index (χ4n) is 2.88. The van der Waals surface area contributed by atoms with Crippen LogP contribution in [-0.2, 0) is 10.8 Å². The van der Waals surface area contributed by atoms with E-state index in [1.54, 1.807) is 6.08 Å². The highest BCUT2D eigenvalue weighted by atomic mass is 16.3. The molecule has 0 saturated carbocycles. The maximum atomic E-state index is 12.4. The number of benzene rings is 2. The van der Waals surface area contributed by atoms with Crippen molar-refractivity contribution in [1.29, 1.82) is 0 Å². The van der Waals surface area contributed by atoms with Crippen LogP contribution < -0.4 is 0 Å². The van der Waals surface area contributed by atoms with E-state index in [0.29, 0.717) is 0 Å². The van der Waals surface area contributed by atoms with Crippen LogP contribution in [0.3, 0.4) is 0 Å². The van der Waals surface area contributed by atoms with Crippen molar-refractivity contribution in [3.8, 4) is 17.2 Å². The Morgan fingerprint density at radius 1 is 0.852 bits per heavy atom. The Morgan fingerprint density at radius 2 is 1.37 bits per heavy atom. The quantitative estimate of drug-likeness (QED) is 0.390. The first-order valence-corrected chi connectivity index (χ1v) is 8.93. The maximum absolute atomic E-state index is 12.4. The van der Waals surface area contributed by atoms with Gasteiger partial charge in [0.25, 0.3) is 0 Å². The van der Waals surface area contributed by atoms with Crippen LogP contribution in [0.25, 0.3) is 6.08 Å². The van der Waals surface area contributed by atoms with Crippen molar-refractivity contribution >= 4 is 11.9 Å². The summed E-state index contributed by atoms with van der Waals surface area (Å²) < 4.78 is 0. The summed E-state index contributed by atoms with van der Waals surface area (Å²) in [6.07, 6.45) is 3.02. The van der Waals surface area contributed by atoms with Crippen LogP contribution in [0.5, 0.6) is 17.2 Å². The molecular formula is C23H28O4. The van der Waals surface area contributed by atoms with Gasteiger partial charge in [-0.05, 0) is 52.8 Å². The molecule has 0 aliphatic carbocycles. The molecule has 0 amide bonds. The number of aromatic hydroxyl groups is 3. The van der Waals surface area contributed by atoms with Crippen LogP contribution >= 0.6 is 0 Å². The Labute approximate surface area is 160 Å². The minimum absolute atomic E-state index is 0.0390. The monoisotopic (exact) mass is 368 g/mol. The maximum Gasteiger partial charge on any atom is 0.189 e. The minimum atomic E-state index is -0.411. The summed E-state index contributed by atoms with van der Waals surface area (Å²) in [5, 5.41) is 30.1. The number of allylic oxidation sites excluding steroid dienone is 1. The molecular weight excluding hydrogens is 340 g/mol. The van der Waals surface area contributed by atoms with Crippen LogP contribution in [0.1, 0.15) is 68.6 Å². The van der Waals surface area contributed by atoms with Crippen LogP contribution in [0.15, 0.2) is 36.4 Å². The number of carbonyl (C=O) groups excluding carboxylic acids is 1. The van der Waals surface area contributed by atoms with Gasteiger partial charge in [-0.3, -0.25) is 4.79 Å². The van der Waals surface area contributed by atoms with Crippen molar-refractivity contribution in [3.05, 3.63) is 58.7 Å². The summed E-state index contributed by atoms with van der Waals surface area (Å²) in [4.78, 5) is 12.4. The Bertz CT molecular complexity index is 859. The third kappa shape index (κ3) is 4.70. The Hall–Kier alpha value is -2.75. The molecule has 0 bridgehead atoms. The van der Waals surface area contributed by atoms with Gasteiger partial charge in [0.2, 0.25) is 0 Å². The molecule has 3 N–H and O–H groups in total. The molecule has 0 atom stereocenters. The summed E-state index contributed by atoms with van der Waals surface area (Å²) in [6, 6.07) is 7.58. The SMILES string of the molecule is CC(C)(C)c1cc(/C=C/C(=O)c2cc(O)ccc2O)cc(C(C)(C)C)c1O. The summed E-state index contributed by atoms with van der Waals surface area (Å²) in [7, 11) is 0. The molecule has 4 nitrogen and oxygen atoms in total. The summed E-state index contributed by atoms with van der Waals surface area (Å²) >= 11 is 0. The van der Waals surface area contributed by atoms with Gasteiger partial charge in [0, 0.05) is 11.1 Å². The Balaban J connectivity index is 2.51. The van der Waals surface area contributed by atoms with E-state index in [2.05, 4.69) is 0 Å². The molecule has 0 saturated heterocycles. The summed E-state index contributed by atoms with van der Waals surface area (Å²) in [5.74, 6) is -0.395. The second-order valence-corrected chi connectivity index (χ2v) is 8.86.